The molecule has 3 amide bonds. The first kappa shape index (κ1) is 34.5. The minimum atomic E-state index is -0.438. The van der Waals surface area contributed by atoms with Crippen LogP contribution in [-0.2, 0) is 13.0 Å². The van der Waals surface area contributed by atoms with Gasteiger partial charge in [0, 0.05) is 42.6 Å². The average Bonchev–Trinajstić information content (AvgIpc) is 3.54. The highest BCUT2D eigenvalue weighted by molar-refractivity contribution is 6.06. The molecule has 0 saturated carbocycles. The van der Waals surface area contributed by atoms with Gasteiger partial charge >= 0.3 is 0 Å². The highest BCUT2D eigenvalue weighted by Gasteiger charge is 2.32. The number of carbonyl (C=O) groups is 3. The number of aryl methyl sites for hydroxylation is 1. The highest BCUT2D eigenvalue weighted by Crippen LogP contribution is 2.29. The summed E-state index contributed by atoms with van der Waals surface area (Å²) < 4.78 is 1.63. The van der Waals surface area contributed by atoms with Crippen molar-refractivity contribution < 1.29 is 19.5 Å². The summed E-state index contributed by atoms with van der Waals surface area (Å²) in [7, 11) is 0. The molecule has 50 heavy (non-hydrogen) atoms. The summed E-state index contributed by atoms with van der Waals surface area (Å²) in [6.07, 6.45) is 5.94. The lowest BCUT2D eigenvalue weighted by molar-refractivity contribution is 0.0544. The number of unbranched alkanes of at least 4 members (excludes halogenated alkanes) is 2. The normalized spacial score (nSPS) is 14.0. The minimum absolute atomic E-state index is 0.138. The van der Waals surface area contributed by atoms with Gasteiger partial charge in [-0.05, 0) is 73.0 Å². The molecule has 10 nitrogen and oxygen atoms in total. The molecule has 0 spiro atoms. The minimum Gasteiger partial charge on any atom is -0.394 e. The monoisotopic (exact) mass is 672 g/mol. The zero-order valence-corrected chi connectivity index (χ0v) is 28.9. The Labute approximate surface area is 292 Å². The molecule has 0 fully saturated rings. The molecule has 3 heterocycles. The van der Waals surface area contributed by atoms with Crippen molar-refractivity contribution in [1.82, 2.24) is 24.6 Å². The van der Waals surface area contributed by atoms with Gasteiger partial charge in [-0.1, -0.05) is 75.2 Å². The molecule has 0 bridgehead atoms. The number of hydrogen-bond acceptors (Lipinski definition) is 6. The Morgan fingerprint density at radius 1 is 0.880 bits per heavy atom. The van der Waals surface area contributed by atoms with Gasteiger partial charge < -0.3 is 20.2 Å². The fourth-order valence-electron chi connectivity index (χ4n) is 6.51. The predicted molar refractivity (Wildman–Crippen MR) is 195 cm³/mol. The lowest BCUT2D eigenvalue weighted by Crippen LogP contribution is -2.46. The Balaban J connectivity index is 1.38. The van der Waals surface area contributed by atoms with E-state index in [9.17, 15) is 19.5 Å². The maximum Gasteiger partial charge on any atom is 0.274 e. The third kappa shape index (κ3) is 7.30. The van der Waals surface area contributed by atoms with E-state index in [1.54, 1.807) is 46.1 Å². The van der Waals surface area contributed by atoms with E-state index in [0.29, 0.717) is 48.8 Å². The summed E-state index contributed by atoms with van der Waals surface area (Å²) in [5.74, 6) is -0.866. The second kappa shape index (κ2) is 15.5. The van der Waals surface area contributed by atoms with Crippen molar-refractivity contribution in [2.75, 3.05) is 25.0 Å². The van der Waals surface area contributed by atoms with Crippen molar-refractivity contribution >= 4 is 34.2 Å². The van der Waals surface area contributed by atoms with E-state index in [1.807, 2.05) is 60.4 Å². The van der Waals surface area contributed by atoms with E-state index >= 15 is 0 Å². The van der Waals surface area contributed by atoms with Crippen molar-refractivity contribution in [1.29, 1.82) is 0 Å². The quantitative estimate of drug-likeness (QED) is 0.155. The van der Waals surface area contributed by atoms with Crippen molar-refractivity contribution in [2.45, 2.75) is 65.5 Å². The van der Waals surface area contributed by atoms with Crippen molar-refractivity contribution in [3.63, 3.8) is 0 Å². The second-order valence-electron chi connectivity index (χ2n) is 12.9. The van der Waals surface area contributed by atoms with Crippen LogP contribution in [0.25, 0.3) is 16.5 Å². The van der Waals surface area contributed by atoms with E-state index < -0.39 is 11.9 Å². The first-order valence-corrected chi connectivity index (χ1v) is 17.5. The standard InChI is InChI=1S/C40H44N6O4/c1-4-6-18-44(19-7-5-2)40(50)36-20-27(3)46(43-36)37-17-16-32(42-38(48)35-22-29-13-8-10-14-30(29)24-41-35)23-34(37)39(49)45-25-31-15-11-9-12-28(31)21-33(45)26-47/h8-17,20,22-24,33,47H,4-7,18-19,21,25-26H2,1-3H3,(H,42,48). The predicted octanol–water partition coefficient (Wildman–Crippen LogP) is 6.58. The van der Waals surface area contributed by atoms with Gasteiger partial charge in [-0.15, -0.1) is 0 Å². The molecule has 1 aliphatic rings. The number of fused-ring (bicyclic) bond motifs is 2. The van der Waals surface area contributed by atoms with Crippen LogP contribution in [0.1, 0.15) is 87.7 Å². The molecule has 1 atom stereocenters. The van der Waals surface area contributed by atoms with Gasteiger partial charge in [-0.25, -0.2) is 4.68 Å². The molecule has 1 aliphatic heterocycles. The Morgan fingerprint density at radius 2 is 1.58 bits per heavy atom. The fraction of sp³-hybridized carbons (Fsp3) is 0.325. The van der Waals surface area contributed by atoms with E-state index in [2.05, 4.69) is 24.1 Å². The van der Waals surface area contributed by atoms with Gasteiger partial charge in [-0.3, -0.25) is 19.4 Å². The van der Waals surface area contributed by atoms with Crippen LogP contribution in [0.2, 0.25) is 0 Å². The molecule has 5 aromatic rings. The number of amides is 3. The van der Waals surface area contributed by atoms with E-state index in [-0.39, 0.29) is 29.7 Å². The molecule has 258 valence electrons. The molecule has 6 rings (SSSR count). The summed E-state index contributed by atoms with van der Waals surface area (Å²) >= 11 is 0. The third-order valence-electron chi connectivity index (χ3n) is 9.36. The number of anilines is 1. The summed E-state index contributed by atoms with van der Waals surface area (Å²) in [6, 6.07) is 23.8. The van der Waals surface area contributed by atoms with Crippen LogP contribution in [0.15, 0.2) is 85.1 Å². The zero-order chi connectivity index (χ0) is 35.2. The van der Waals surface area contributed by atoms with Gasteiger partial charge in [0.1, 0.15) is 5.69 Å². The molecular weight excluding hydrogens is 628 g/mol. The van der Waals surface area contributed by atoms with Gasteiger partial charge in [0.05, 0.1) is 23.9 Å². The van der Waals surface area contributed by atoms with Crippen LogP contribution in [0, 0.1) is 6.92 Å². The van der Waals surface area contributed by atoms with Crippen molar-refractivity contribution in [3.8, 4) is 5.69 Å². The number of pyridine rings is 1. The first-order chi connectivity index (χ1) is 24.3. The van der Waals surface area contributed by atoms with E-state index in [4.69, 9.17) is 5.10 Å². The molecule has 3 aromatic carbocycles. The SMILES string of the molecule is CCCCN(CCCC)C(=O)c1cc(C)n(-c2ccc(NC(=O)c3cc4ccccc4cn3)cc2C(=O)N2Cc3ccccc3CC2CO)n1. The van der Waals surface area contributed by atoms with Crippen molar-refractivity contribution in [3.05, 3.63) is 119 Å². The molecule has 1 unspecified atom stereocenters. The van der Waals surface area contributed by atoms with Crippen LogP contribution in [-0.4, -0.2) is 73.1 Å². The molecule has 0 saturated heterocycles. The molecule has 10 heteroatoms. The van der Waals surface area contributed by atoms with Gasteiger partial charge in [0.2, 0.25) is 0 Å². The van der Waals surface area contributed by atoms with Gasteiger partial charge in [0.15, 0.2) is 5.69 Å². The lowest BCUT2D eigenvalue weighted by Gasteiger charge is -2.36. The smallest absolute Gasteiger partial charge is 0.274 e. The highest BCUT2D eigenvalue weighted by atomic mass is 16.3. The van der Waals surface area contributed by atoms with Crippen molar-refractivity contribution in [2.24, 2.45) is 0 Å². The largest absolute Gasteiger partial charge is 0.394 e. The molecule has 0 radical (unpaired) electrons. The molecule has 0 aliphatic carbocycles. The number of aliphatic hydroxyl groups is 1. The zero-order valence-electron chi connectivity index (χ0n) is 28.9. The van der Waals surface area contributed by atoms with Crippen LogP contribution < -0.4 is 5.32 Å². The first-order valence-electron chi connectivity index (χ1n) is 17.5. The fourth-order valence-corrected chi connectivity index (χ4v) is 6.51. The number of nitrogens with one attached hydrogen (secondary N) is 1. The van der Waals surface area contributed by atoms with Gasteiger partial charge in [0.25, 0.3) is 17.7 Å². The Hall–Kier alpha value is -5.35. The maximum atomic E-state index is 14.6. The van der Waals surface area contributed by atoms with E-state index in [1.165, 1.54) is 0 Å². The summed E-state index contributed by atoms with van der Waals surface area (Å²) in [4.78, 5) is 49.6. The van der Waals surface area contributed by atoms with Crippen LogP contribution in [0.3, 0.4) is 0 Å². The van der Waals surface area contributed by atoms with E-state index in [0.717, 1.165) is 47.6 Å². The number of hydrogen-bond donors (Lipinski definition) is 2. The Bertz CT molecular complexity index is 2010. The number of carbonyl (C=O) groups excluding carboxylic acids is 3. The number of nitrogens with zero attached hydrogens (tertiary/aromatic N) is 5. The Kier molecular flexibility index (Phi) is 10.7. The Morgan fingerprint density at radius 3 is 2.30 bits per heavy atom. The maximum absolute atomic E-state index is 14.6. The van der Waals surface area contributed by atoms with Crippen LogP contribution >= 0.6 is 0 Å². The number of rotatable bonds is 12. The summed E-state index contributed by atoms with van der Waals surface area (Å²) in [5, 5.41) is 19.9. The number of aliphatic hydroxyl groups excluding tert-OH is 1. The average molecular weight is 673 g/mol. The lowest BCUT2D eigenvalue weighted by atomic mass is 9.93. The topological polar surface area (TPSA) is 121 Å². The second-order valence-corrected chi connectivity index (χ2v) is 12.9. The molecule has 2 aromatic heterocycles. The summed E-state index contributed by atoms with van der Waals surface area (Å²) in [5.41, 5.74) is 4.52. The number of aromatic nitrogens is 3. The summed E-state index contributed by atoms with van der Waals surface area (Å²) in [6.45, 7) is 7.50. The molecular formula is C40H44N6O4. The van der Waals surface area contributed by atoms with Crippen LogP contribution in [0.5, 0.6) is 0 Å². The van der Waals surface area contributed by atoms with Gasteiger partial charge in [-0.2, -0.15) is 5.10 Å². The van der Waals surface area contributed by atoms with Crippen LogP contribution in [0.4, 0.5) is 5.69 Å². The number of benzene rings is 3. The third-order valence-corrected chi connectivity index (χ3v) is 9.36. The molecule has 2 N–H and O–H groups in total.